The monoisotopic (exact) mass is 295 g/mol. The van der Waals surface area contributed by atoms with Crippen molar-refractivity contribution in [2.24, 2.45) is 0 Å². The Kier molecular flexibility index (Phi) is 3.67. The molecule has 0 aromatic heterocycles. The van der Waals surface area contributed by atoms with Crippen LogP contribution in [0.1, 0.15) is 5.56 Å². The Bertz CT molecular complexity index is 757. The fourth-order valence-corrected chi connectivity index (χ4v) is 2.31. The number of ether oxygens (including phenoxy) is 1. The van der Waals surface area contributed by atoms with Crippen molar-refractivity contribution >= 4 is 15.5 Å². The van der Waals surface area contributed by atoms with E-state index in [1.165, 1.54) is 30.3 Å². The first-order valence-corrected chi connectivity index (χ1v) is 7.70. The van der Waals surface area contributed by atoms with Gasteiger partial charge in [0.2, 0.25) is 0 Å². The SMILES string of the molecule is Cc1ccc(Oc2ccc(S(C)(=O)=O)cc2N)c(F)c1. The quantitative estimate of drug-likeness (QED) is 0.884. The van der Waals surface area contributed by atoms with Crippen molar-refractivity contribution in [2.75, 3.05) is 12.0 Å². The van der Waals surface area contributed by atoms with Gasteiger partial charge in [0, 0.05) is 6.26 Å². The summed E-state index contributed by atoms with van der Waals surface area (Å²) in [5, 5.41) is 0. The first kappa shape index (κ1) is 14.3. The molecule has 0 unspecified atom stereocenters. The van der Waals surface area contributed by atoms with Crippen LogP contribution in [0.25, 0.3) is 0 Å². The maximum atomic E-state index is 13.7. The summed E-state index contributed by atoms with van der Waals surface area (Å²) < 4.78 is 41.8. The third-order valence-corrected chi connectivity index (χ3v) is 3.83. The summed E-state index contributed by atoms with van der Waals surface area (Å²) in [5.74, 6) is -0.258. The second-order valence-corrected chi connectivity index (χ2v) is 6.52. The van der Waals surface area contributed by atoms with Gasteiger partial charge in [0.15, 0.2) is 27.2 Å². The number of rotatable bonds is 3. The molecular weight excluding hydrogens is 281 g/mol. The highest BCUT2D eigenvalue weighted by atomic mass is 32.2. The van der Waals surface area contributed by atoms with E-state index < -0.39 is 15.7 Å². The molecule has 106 valence electrons. The normalized spacial score (nSPS) is 11.3. The van der Waals surface area contributed by atoms with Crippen molar-refractivity contribution in [1.29, 1.82) is 0 Å². The van der Waals surface area contributed by atoms with E-state index in [0.29, 0.717) is 0 Å². The van der Waals surface area contributed by atoms with Crippen LogP contribution < -0.4 is 10.5 Å². The smallest absolute Gasteiger partial charge is 0.175 e. The van der Waals surface area contributed by atoms with Crippen LogP contribution in [0.5, 0.6) is 11.5 Å². The highest BCUT2D eigenvalue weighted by Crippen LogP contribution is 2.31. The molecule has 0 radical (unpaired) electrons. The minimum absolute atomic E-state index is 0.0365. The summed E-state index contributed by atoms with van der Waals surface area (Å²) in [4.78, 5) is 0.0896. The number of halogens is 1. The zero-order valence-electron chi connectivity index (χ0n) is 11.1. The number of benzene rings is 2. The van der Waals surface area contributed by atoms with Gasteiger partial charge in [0.05, 0.1) is 10.6 Å². The second kappa shape index (κ2) is 5.13. The van der Waals surface area contributed by atoms with Crippen LogP contribution in [0.4, 0.5) is 10.1 Å². The molecule has 20 heavy (non-hydrogen) atoms. The number of anilines is 1. The summed E-state index contributed by atoms with van der Waals surface area (Å²) in [6.45, 7) is 1.77. The Morgan fingerprint density at radius 2 is 1.75 bits per heavy atom. The molecule has 0 fully saturated rings. The number of nitrogen functional groups attached to an aromatic ring is 1. The number of sulfone groups is 1. The van der Waals surface area contributed by atoms with Gasteiger partial charge in [-0.15, -0.1) is 0 Å². The van der Waals surface area contributed by atoms with E-state index in [0.717, 1.165) is 11.8 Å². The molecule has 0 aliphatic carbocycles. The van der Waals surface area contributed by atoms with Crippen molar-refractivity contribution in [1.82, 2.24) is 0 Å². The first-order valence-electron chi connectivity index (χ1n) is 5.81. The Morgan fingerprint density at radius 1 is 1.10 bits per heavy atom. The zero-order chi connectivity index (χ0) is 14.9. The lowest BCUT2D eigenvalue weighted by Gasteiger charge is -2.10. The fraction of sp³-hybridized carbons (Fsp3) is 0.143. The average Bonchev–Trinajstić information content (AvgIpc) is 2.33. The van der Waals surface area contributed by atoms with Crippen molar-refractivity contribution in [2.45, 2.75) is 11.8 Å². The summed E-state index contributed by atoms with van der Waals surface area (Å²) in [7, 11) is -3.34. The molecule has 6 heteroatoms. The van der Waals surface area contributed by atoms with Gasteiger partial charge in [-0.1, -0.05) is 6.07 Å². The maximum absolute atomic E-state index is 13.7. The molecule has 2 rings (SSSR count). The maximum Gasteiger partial charge on any atom is 0.175 e. The fourth-order valence-electron chi connectivity index (χ4n) is 1.66. The van der Waals surface area contributed by atoms with Gasteiger partial charge in [0.25, 0.3) is 0 Å². The third-order valence-electron chi connectivity index (χ3n) is 2.72. The lowest BCUT2D eigenvalue weighted by molar-refractivity contribution is 0.443. The van der Waals surface area contributed by atoms with Gasteiger partial charge in [0.1, 0.15) is 0 Å². The minimum Gasteiger partial charge on any atom is -0.452 e. The number of aryl methyl sites for hydroxylation is 1. The molecule has 0 spiro atoms. The Labute approximate surface area is 116 Å². The van der Waals surface area contributed by atoms with Crippen LogP contribution in [0, 0.1) is 12.7 Å². The molecule has 2 aromatic carbocycles. The molecule has 4 nitrogen and oxygen atoms in total. The lowest BCUT2D eigenvalue weighted by atomic mass is 10.2. The predicted octanol–water partition coefficient (Wildman–Crippen LogP) is 2.91. The molecule has 0 heterocycles. The van der Waals surface area contributed by atoms with Crippen LogP contribution in [-0.4, -0.2) is 14.7 Å². The van der Waals surface area contributed by atoms with Crippen molar-refractivity contribution in [3.63, 3.8) is 0 Å². The van der Waals surface area contributed by atoms with Crippen molar-refractivity contribution < 1.29 is 17.5 Å². The predicted molar refractivity (Wildman–Crippen MR) is 75.2 cm³/mol. The first-order chi connectivity index (χ1) is 9.27. The van der Waals surface area contributed by atoms with Crippen molar-refractivity contribution in [3.8, 4) is 11.5 Å². The average molecular weight is 295 g/mol. The Balaban J connectivity index is 2.35. The Hall–Kier alpha value is -2.08. The van der Waals surface area contributed by atoms with Gasteiger partial charge < -0.3 is 10.5 Å². The molecule has 0 atom stereocenters. The lowest BCUT2D eigenvalue weighted by Crippen LogP contribution is -2.00. The van der Waals surface area contributed by atoms with E-state index in [1.807, 2.05) is 0 Å². The molecule has 2 N–H and O–H groups in total. The largest absolute Gasteiger partial charge is 0.452 e. The van der Waals surface area contributed by atoms with Crippen LogP contribution in [-0.2, 0) is 9.84 Å². The molecule has 0 aliphatic heterocycles. The molecule has 0 amide bonds. The van der Waals surface area contributed by atoms with E-state index in [1.54, 1.807) is 13.0 Å². The zero-order valence-corrected chi connectivity index (χ0v) is 11.9. The molecule has 0 saturated carbocycles. The van der Waals surface area contributed by atoms with Crippen LogP contribution in [0.3, 0.4) is 0 Å². The minimum atomic E-state index is -3.34. The van der Waals surface area contributed by atoms with E-state index in [9.17, 15) is 12.8 Å². The summed E-state index contributed by atoms with van der Waals surface area (Å²) in [6.07, 6.45) is 1.09. The number of hydrogen-bond donors (Lipinski definition) is 1. The van der Waals surface area contributed by atoms with E-state index in [4.69, 9.17) is 10.5 Å². The summed E-state index contributed by atoms with van der Waals surface area (Å²) in [5.41, 5.74) is 6.64. The highest BCUT2D eigenvalue weighted by molar-refractivity contribution is 7.90. The van der Waals surface area contributed by atoms with Gasteiger partial charge >= 0.3 is 0 Å². The van der Waals surface area contributed by atoms with E-state index >= 15 is 0 Å². The Morgan fingerprint density at radius 3 is 2.30 bits per heavy atom. The van der Waals surface area contributed by atoms with Gasteiger partial charge in [-0.3, -0.25) is 0 Å². The second-order valence-electron chi connectivity index (χ2n) is 4.51. The van der Waals surface area contributed by atoms with E-state index in [2.05, 4.69) is 0 Å². The molecule has 0 aliphatic rings. The molecule has 0 saturated heterocycles. The molecule has 2 aromatic rings. The summed E-state index contributed by atoms with van der Waals surface area (Å²) >= 11 is 0. The van der Waals surface area contributed by atoms with Crippen molar-refractivity contribution in [3.05, 3.63) is 47.8 Å². The number of nitrogens with two attached hydrogens (primary N) is 1. The molecule has 0 bridgehead atoms. The van der Waals surface area contributed by atoms with Gasteiger partial charge in [-0.2, -0.15) is 0 Å². The van der Waals surface area contributed by atoms with Crippen LogP contribution in [0.15, 0.2) is 41.3 Å². The van der Waals surface area contributed by atoms with E-state index in [-0.39, 0.29) is 22.1 Å². The van der Waals surface area contributed by atoms with Gasteiger partial charge in [-0.05, 0) is 42.8 Å². The van der Waals surface area contributed by atoms with Crippen LogP contribution >= 0.6 is 0 Å². The molecular formula is C14H14FNO3S. The topological polar surface area (TPSA) is 69.4 Å². The summed E-state index contributed by atoms with van der Waals surface area (Å²) in [6, 6.07) is 8.61. The highest BCUT2D eigenvalue weighted by Gasteiger charge is 2.12. The number of hydrogen-bond acceptors (Lipinski definition) is 4. The standard InChI is InChI=1S/C14H14FNO3S/c1-9-3-5-13(11(15)7-9)19-14-6-4-10(8-12(14)16)20(2,17)18/h3-8H,16H2,1-2H3. The van der Waals surface area contributed by atoms with Crippen LogP contribution in [0.2, 0.25) is 0 Å². The van der Waals surface area contributed by atoms with Gasteiger partial charge in [-0.25, -0.2) is 12.8 Å². The third kappa shape index (κ3) is 3.08.